The van der Waals surface area contributed by atoms with Crippen LogP contribution in [0.25, 0.3) is 0 Å². The summed E-state index contributed by atoms with van der Waals surface area (Å²) in [5, 5.41) is 8.08. The minimum atomic E-state index is 0.316. The molecule has 2 unspecified atom stereocenters. The number of aromatic nitrogens is 2. The summed E-state index contributed by atoms with van der Waals surface area (Å²) >= 11 is 3.72. The third kappa shape index (κ3) is 4.57. The van der Waals surface area contributed by atoms with E-state index in [0.29, 0.717) is 12.1 Å². The van der Waals surface area contributed by atoms with Crippen molar-refractivity contribution in [1.82, 2.24) is 15.1 Å². The van der Waals surface area contributed by atoms with E-state index in [0.717, 1.165) is 37.9 Å². The van der Waals surface area contributed by atoms with E-state index in [1.165, 1.54) is 10.2 Å². The summed E-state index contributed by atoms with van der Waals surface area (Å²) in [7, 11) is 3.80. The van der Waals surface area contributed by atoms with Crippen LogP contribution in [0.15, 0.2) is 4.47 Å². The van der Waals surface area contributed by atoms with E-state index in [-0.39, 0.29) is 0 Å². The van der Waals surface area contributed by atoms with Crippen LogP contribution in [0.4, 0.5) is 0 Å². The monoisotopic (exact) mass is 345 g/mol. The van der Waals surface area contributed by atoms with Gasteiger partial charge in [-0.25, -0.2) is 0 Å². The number of methoxy groups -OCH3 is 1. The number of rotatable bonds is 9. The molecule has 0 bridgehead atoms. The molecule has 1 aromatic heterocycles. The number of aryl methyl sites for hydroxylation is 2. The van der Waals surface area contributed by atoms with Gasteiger partial charge in [0.1, 0.15) is 0 Å². The number of likely N-dealkylation sites (N-methyl/N-ethyl adjacent to an activating group) is 1. The van der Waals surface area contributed by atoms with Crippen LogP contribution in [0.3, 0.4) is 0 Å². The van der Waals surface area contributed by atoms with E-state index in [4.69, 9.17) is 4.74 Å². The first-order chi connectivity index (χ1) is 9.57. The fourth-order valence-corrected chi connectivity index (χ4v) is 3.07. The molecule has 1 aromatic rings. The molecule has 0 aromatic carbocycles. The third-order valence-corrected chi connectivity index (χ3v) is 4.78. The molecule has 0 fully saturated rings. The summed E-state index contributed by atoms with van der Waals surface area (Å²) in [4.78, 5) is 0. The summed E-state index contributed by atoms with van der Waals surface area (Å²) in [6, 6.07) is 0.454. The molecule has 0 aliphatic rings. The third-order valence-electron chi connectivity index (χ3n) is 3.87. The Morgan fingerprint density at radius 3 is 2.55 bits per heavy atom. The van der Waals surface area contributed by atoms with Gasteiger partial charge >= 0.3 is 0 Å². The van der Waals surface area contributed by atoms with Gasteiger partial charge in [-0.2, -0.15) is 5.10 Å². The summed E-state index contributed by atoms with van der Waals surface area (Å²) in [5.74, 6) is 0. The van der Waals surface area contributed by atoms with Gasteiger partial charge in [-0.05, 0) is 56.1 Å². The van der Waals surface area contributed by atoms with Gasteiger partial charge in [0.25, 0.3) is 0 Å². The van der Waals surface area contributed by atoms with E-state index in [1.807, 2.05) is 7.05 Å². The molecule has 20 heavy (non-hydrogen) atoms. The normalized spacial score (nSPS) is 14.5. The molecule has 0 aliphatic carbocycles. The first kappa shape index (κ1) is 17.7. The highest BCUT2D eigenvalue weighted by atomic mass is 79.9. The zero-order valence-electron chi connectivity index (χ0n) is 13.4. The molecule has 0 saturated heterocycles. The van der Waals surface area contributed by atoms with E-state index in [1.54, 1.807) is 7.11 Å². The Hall–Kier alpha value is -0.390. The molecule has 0 saturated carbocycles. The van der Waals surface area contributed by atoms with Crippen LogP contribution in [-0.4, -0.2) is 36.1 Å². The Bertz CT molecular complexity index is 406. The Labute approximate surface area is 131 Å². The lowest BCUT2D eigenvalue weighted by Gasteiger charge is -2.19. The van der Waals surface area contributed by atoms with Crippen molar-refractivity contribution in [3.05, 3.63) is 15.9 Å². The summed E-state index contributed by atoms with van der Waals surface area (Å²) in [6.45, 7) is 7.32. The SMILES string of the molecule is CCc1nn(CC)c(CC(CCC(C)OC)NC)c1Br. The molecule has 1 rings (SSSR count). The van der Waals surface area contributed by atoms with Crippen LogP contribution in [0.2, 0.25) is 0 Å². The van der Waals surface area contributed by atoms with Crippen LogP contribution in [0, 0.1) is 0 Å². The number of nitrogens with zero attached hydrogens (tertiary/aromatic N) is 2. The molecule has 5 heteroatoms. The van der Waals surface area contributed by atoms with Crippen molar-refractivity contribution in [1.29, 1.82) is 0 Å². The molecular formula is C15H28BrN3O. The van der Waals surface area contributed by atoms with Crippen LogP contribution >= 0.6 is 15.9 Å². The van der Waals surface area contributed by atoms with Gasteiger partial charge in [-0.1, -0.05) is 6.92 Å². The fourth-order valence-electron chi connectivity index (χ4n) is 2.35. The second-order valence-electron chi connectivity index (χ2n) is 5.19. The minimum Gasteiger partial charge on any atom is -0.382 e. The van der Waals surface area contributed by atoms with Gasteiger partial charge in [-0.3, -0.25) is 4.68 Å². The molecule has 1 N–H and O–H groups in total. The Kier molecular flexibility index (Phi) is 7.77. The van der Waals surface area contributed by atoms with Crippen LogP contribution in [0.1, 0.15) is 45.0 Å². The van der Waals surface area contributed by atoms with Crippen molar-refractivity contribution in [2.45, 2.75) is 65.1 Å². The van der Waals surface area contributed by atoms with Crippen LogP contribution in [0.5, 0.6) is 0 Å². The van der Waals surface area contributed by atoms with Crippen molar-refractivity contribution in [2.75, 3.05) is 14.2 Å². The second kappa shape index (κ2) is 8.80. The first-order valence-corrected chi connectivity index (χ1v) is 8.30. The highest BCUT2D eigenvalue weighted by Crippen LogP contribution is 2.24. The van der Waals surface area contributed by atoms with E-state index < -0.39 is 0 Å². The molecule has 0 aliphatic heterocycles. The predicted molar refractivity (Wildman–Crippen MR) is 87.2 cm³/mol. The molecule has 4 nitrogen and oxygen atoms in total. The van der Waals surface area contributed by atoms with Crippen molar-refractivity contribution in [3.63, 3.8) is 0 Å². The van der Waals surface area contributed by atoms with Crippen LogP contribution in [-0.2, 0) is 24.1 Å². The number of nitrogens with one attached hydrogen (secondary N) is 1. The van der Waals surface area contributed by atoms with Gasteiger partial charge in [-0.15, -0.1) is 0 Å². The molecule has 2 atom stereocenters. The molecule has 0 radical (unpaired) electrons. The maximum atomic E-state index is 5.33. The lowest BCUT2D eigenvalue weighted by Crippen LogP contribution is -2.30. The first-order valence-electron chi connectivity index (χ1n) is 7.51. The topological polar surface area (TPSA) is 39.1 Å². The highest BCUT2D eigenvalue weighted by Gasteiger charge is 2.18. The minimum absolute atomic E-state index is 0.316. The molecule has 116 valence electrons. The number of ether oxygens (including phenoxy) is 1. The smallest absolute Gasteiger partial charge is 0.0766 e. The van der Waals surface area contributed by atoms with Crippen LogP contribution < -0.4 is 5.32 Å². The predicted octanol–water partition coefficient (Wildman–Crippen LogP) is 3.17. The Balaban J connectivity index is 2.76. The highest BCUT2D eigenvalue weighted by molar-refractivity contribution is 9.10. The lowest BCUT2D eigenvalue weighted by atomic mass is 10.0. The largest absolute Gasteiger partial charge is 0.382 e. The lowest BCUT2D eigenvalue weighted by molar-refractivity contribution is 0.106. The van der Waals surface area contributed by atoms with Gasteiger partial charge in [0.05, 0.1) is 22.0 Å². The van der Waals surface area contributed by atoms with Gasteiger partial charge < -0.3 is 10.1 Å². The van der Waals surface area contributed by atoms with E-state index in [9.17, 15) is 0 Å². The van der Waals surface area contributed by atoms with E-state index >= 15 is 0 Å². The average molecular weight is 346 g/mol. The summed E-state index contributed by atoms with van der Waals surface area (Å²) in [6.07, 6.45) is 4.45. The quantitative estimate of drug-likeness (QED) is 0.747. The maximum absolute atomic E-state index is 5.33. The molecule has 0 spiro atoms. The zero-order chi connectivity index (χ0) is 15.1. The van der Waals surface area contributed by atoms with E-state index in [2.05, 4.69) is 51.8 Å². The zero-order valence-corrected chi connectivity index (χ0v) is 15.0. The molecule has 1 heterocycles. The number of hydrogen-bond donors (Lipinski definition) is 1. The van der Waals surface area contributed by atoms with Crippen molar-refractivity contribution in [2.24, 2.45) is 0 Å². The van der Waals surface area contributed by atoms with Gasteiger partial charge in [0.15, 0.2) is 0 Å². The number of halogens is 1. The number of hydrogen-bond acceptors (Lipinski definition) is 3. The fraction of sp³-hybridized carbons (Fsp3) is 0.800. The van der Waals surface area contributed by atoms with Crippen molar-refractivity contribution in [3.8, 4) is 0 Å². The Morgan fingerprint density at radius 1 is 1.35 bits per heavy atom. The van der Waals surface area contributed by atoms with Gasteiger partial charge in [0, 0.05) is 26.1 Å². The van der Waals surface area contributed by atoms with Crippen molar-refractivity contribution < 1.29 is 4.74 Å². The molecular weight excluding hydrogens is 318 g/mol. The summed E-state index contributed by atoms with van der Waals surface area (Å²) in [5.41, 5.74) is 2.45. The van der Waals surface area contributed by atoms with Crippen molar-refractivity contribution >= 4 is 15.9 Å². The van der Waals surface area contributed by atoms with Gasteiger partial charge in [0.2, 0.25) is 0 Å². The maximum Gasteiger partial charge on any atom is 0.0766 e. The standard InChI is InChI=1S/C15H28BrN3O/c1-6-13-15(16)14(19(7-2)18-13)10-12(17-4)9-8-11(3)20-5/h11-12,17H,6-10H2,1-5H3. The summed E-state index contributed by atoms with van der Waals surface area (Å²) < 4.78 is 8.63. The Morgan fingerprint density at radius 2 is 2.05 bits per heavy atom. The molecule has 0 amide bonds. The average Bonchev–Trinajstić information content (AvgIpc) is 2.78. The second-order valence-corrected chi connectivity index (χ2v) is 5.98.